The van der Waals surface area contributed by atoms with Crippen molar-refractivity contribution in [2.75, 3.05) is 7.05 Å². The van der Waals surface area contributed by atoms with Gasteiger partial charge in [-0.05, 0) is 17.7 Å². The molecule has 21 heavy (non-hydrogen) atoms. The predicted octanol–water partition coefficient (Wildman–Crippen LogP) is 0.950. The summed E-state index contributed by atoms with van der Waals surface area (Å²) in [5.74, 6) is -0.174. The van der Waals surface area contributed by atoms with Crippen molar-refractivity contribution in [3.63, 3.8) is 0 Å². The van der Waals surface area contributed by atoms with Crippen molar-refractivity contribution in [1.29, 1.82) is 5.26 Å². The van der Waals surface area contributed by atoms with Gasteiger partial charge in [-0.3, -0.25) is 9.48 Å². The second kappa shape index (κ2) is 6.20. The van der Waals surface area contributed by atoms with Crippen LogP contribution >= 0.6 is 0 Å². The fraction of sp³-hybridized carbons (Fsp3) is 0.267. The Morgan fingerprint density at radius 1 is 1.48 bits per heavy atom. The Bertz CT molecular complexity index is 668. The van der Waals surface area contributed by atoms with Crippen LogP contribution < -0.4 is 5.73 Å². The molecule has 0 spiro atoms. The average molecular weight is 283 g/mol. The van der Waals surface area contributed by atoms with E-state index in [2.05, 4.69) is 11.2 Å². The lowest BCUT2D eigenvalue weighted by Gasteiger charge is -2.20. The Labute approximate surface area is 123 Å². The van der Waals surface area contributed by atoms with Gasteiger partial charge in [-0.1, -0.05) is 12.1 Å². The number of carbonyl (C=O) groups is 1. The van der Waals surface area contributed by atoms with Crippen LogP contribution in [0.15, 0.2) is 36.7 Å². The lowest BCUT2D eigenvalue weighted by Crippen LogP contribution is -2.35. The third kappa shape index (κ3) is 3.46. The Kier molecular flexibility index (Phi) is 4.36. The number of hydrogen-bond acceptors (Lipinski definition) is 4. The number of likely N-dealkylation sites (N-methyl/N-ethyl adjacent to an activating group) is 1. The minimum Gasteiger partial charge on any atom is -0.340 e. The van der Waals surface area contributed by atoms with E-state index in [1.54, 1.807) is 48.2 Å². The standard InChI is InChI=1S/C15H17N5O/c1-19(9-12-5-3-11(7-16)4-6-12)15(21)14(17)13-8-18-20(2)10-13/h3-6,8,10,14H,9,17H2,1-2H3. The van der Waals surface area contributed by atoms with Crippen LogP contribution in [0.25, 0.3) is 0 Å². The summed E-state index contributed by atoms with van der Waals surface area (Å²) in [5, 5.41) is 12.8. The van der Waals surface area contributed by atoms with Gasteiger partial charge in [-0.25, -0.2) is 0 Å². The molecule has 1 atom stereocenters. The fourth-order valence-corrected chi connectivity index (χ4v) is 2.02. The van der Waals surface area contributed by atoms with Gasteiger partial charge in [0.1, 0.15) is 6.04 Å². The maximum atomic E-state index is 12.3. The monoisotopic (exact) mass is 283 g/mol. The van der Waals surface area contributed by atoms with Gasteiger partial charge in [0.05, 0.1) is 17.8 Å². The molecule has 1 heterocycles. The maximum absolute atomic E-state index is 12.3. The topological polar surface area (TPSA) is 87.9 Å². The summed E-state index contributed by atoms with van der Waals surface area (Å²) in [6.07, 6.45) is 3.33. The molecule has 1 aromatic carbocycles. The first kappa shape index (κ1) is 14.8. The SMILES string of the molecule is CN(Cc1ccc(C#N)cc1)C(=O)C(N)c1cnn(C)c1. The first-order valence-electron chi connectivity index (χ1n) is 6.49. The molecule has 0 radical (unpaired) electrons. The molecule has 0 fully saturated rings. The van der Waals surface area contributed by atoms with E-state index in [1.807, 2.05) is 12.1 Å². The smallest absolute Gasteiger partial charge is 0.244 e. The normalized spacial score (nSPS) is 11.7. The minimum absolute atomic E-state index is 0.174. The third-order valence-corrected chi connectivity index (χ3v) is 3.23. The van der Waals surface area contributed by atoms with Gasteiger partial charge in [-0.15, -0.1) is 0 Å². The van der Waals surface area contributed by atoms with E-state index in [4.69, 9.17) is 11.0 Å². The van der Waals surface area contributed by atoms with Crippen LogP contribution in [-0.4, -0.2) is 27.6 Å². The molecular weight excluding hydrogens is 266 g/mol. The van der Waals surface area contributed by atoms with E-state index in [9.17, 15) is 4.79 Å². The second-order valence-corrected chi connectivity index (χ2v) is 4.93. The van der Waals surface area contributed by atoms with Crippen LogP contribution in [-0.2, 0) is 18.4 Å². The summed E-state index contributed by atoms with van der Waals surface area (Å²) in [6, 6.07) is 8.47. The fourth-order valence-electron chi connectivity index (χ4n) is 2.02. The van der Waals surface area contributed by atoms with Gasteiger partial charge >= 0.3 is 0 Å². The molecule has 6 nitrogen and oxygen atoms in total. The molecule has 0 saturated heterocycles. The van der Waals surface area contributed by atoms with E-state index >= 15 is 0 Å². The summed E-state index contributed by atoms with van der Waals surface area (Å²) >= 11 is 0. The van der Waals surface area contributed by atoms with E-state index in [-0.39, 0.29) is 5.91 Å². The van der Waals surface area contributed by atoms with Gasteiger partial charge < -0.3 is 10.6 Å². The van der Waals surface area contributed by atoms with Crippen molar-refractivity contribution < 1.29 is 4.79 Å². The van der Waals surface area contributed by atoms with Gasteiger partial charge in [0, 0.05) is 32.4 Å². The van der Waals surface area contributed by atoms with E-state index in [0.717, 1.165) is 5.56 Å². The largest absolute Gasteiger partial charge is 0.340 e. The molecule has 0 aliphatic heterocycles. The van der Waals surface area contributed by atoms with Crippen molar-refractivity contribution in [2.24, 2.45) is 12.8 Å². The zero-order valence-electron chi connectivity index (χ0n) is 12.0. The molecule has 2 N–H and O–H groups in total. The summed E-state index contributed by atoms with van der Waals surface area (Å²) < 4.78 is 1.61. The molecule has 108 valence electrons. The highest BCUT2D eigenvalue weighted by Gasteiger charge is 2.21. The van der Waals surface area contributed by atoms with E-state index < -0.39 is 6.04 Å². The maximum Gasteiger partial charge on any atom is 0.244 e. The summed E-state index contributed by atoms with van der Waals surface area (Å²) in [7, 11) is 3.48. The quantitative estimate of drug-likeness (QED) is 0.905. The van der Waals surface area contributed by atoms with Crippen LogP contribution in [0.4, 0.5) is 0 Å². The van der Waals surface area contributed by atoms with Crippen LogP contribution in [0, 0.1) is 11.3 Å². The summed E-state index contributed by atoms with van der Waals surface area (Å²) in [6.45, 7) is 0.443. The van der Waals surface area contributed by atoms with E-state index in [0.29, 0.717) is 17.7 Å². The van der Waals surface area contributed by atoms with Crippen LogP contribution in [0.3, 0.4) is 0 Å². The Morgan fingerprint density at radius 3 is 2.67 bits per heavy atom. The first-order valence-corrected chi connectivity index (χ1v) is 6.49. The van der Waals surface area contributed by atoms with Gasteiger partial charge in [-0.2, -0.15) is 10.4 Å². The van der Waals surface area contributed by atoms with Crippen LogP contribution in [0.1, 0.15) is 22.7 Å². The number of hydrogen-bond donors (Lipinski definition) is 1. The number of nitrogens with two attached hydrogens (primary N) is 1. The Hall–Kier alpha value is -2.65. The molecule has 0 aliphatic carbocycles. The first-order chi connectivity index (χ1) is 10.0. The van der Waals surface area contributed by atoms with Crippen molar-refractivity contribution in [3.8, 4) is 6.07 Å². The Balaban J connectivity index is 2.03. The molecule has 6 heteroatoms. The lowest BCUT2D eigenvalue weighted by atomic mass is 10.1. The number of nitriles is 1. The third-order valence-electron chi connectivity index (χ3n) is 3.23. The molecule has 1 aromatic heterocycles. The minimum atomic E-state index is -0.720. The molecule has 1 amide bonds. The molecule has 2 aromatic rings. The number of aromatic nitrogens is 2. The van der Waals surface area contributed by atoms with Gasteiger partial charge in [0.15, 0.2) is 0 Å². The number of rotatable bonds is 4. The number of aryl methyl sites for hydroxylation is 1. The average Bonchev–Trinajstić information content (AvgIpc) is 2.93. The lowest BCUT2D eigenvalue weighted by molar-refractivity contribution is -0.131. The van der Waals surface area contributed by atoms with Crippen molar-refractivity contribution in [1.82, 2.24) is 14.7 Å². The van der Waals surface area contributed by atoms with E-state index in [1.165, 1.54) is 0 Å². The molecular formula is C15H17N5O. The Morgan fingerprint density at radius 2 is 2.14 bits per heavy atom. The zero-order valence-corrected chi connectivity index (χ0v) is 12.0. The van der Waals surface area contributed by atoms with Gasteiger partial charge in [0.2, 0.25) is 5.91 Å². The highest BCUT2D eigenvalue weighted by molar-refractivity contribution is 5.82. The number of carbonyl (C=O) groups excluding carboxylic acids is 1. The number of benzene rings is 1. The second-order valence-electron chi connectivity index (χ2n) is 4.93. The molecule has 0 saturated carbocycles. The highest BCUT2D eigenvalue weighted by atomic mass is 16.2. The highest BCUT2D eigenvalue weighted by Crippen LogP contribution is 2.13. The summed E-state index contributed by atoms with van der Waals surface area (Å²) in [5.41, 5.74) is 8.20. The summed E-state index contributed by atoms with van der Waals surface area (Å²) in [4.78, 5) is 13.9. The molecule has 0 bridgehead atoms. The number of nitrogens with zero attached hydrogens (tertiary/aromatic N) is 4. The van der Waals surface area contributed by atoms with Crippen molar-refractivity contribution in [3.05, 3.63) is 53.3 Å². The van der Waals surface area contributed by atoms with Crippen LogP contribution in [0.2, 0.25) is 0 Å². The zero-order chi connectivity index (χ0) is 15.4. The van der Waals surface area contributed by atoms with Crippen molar-refractivity contribution in [2.45, 2.75) is 12.6 Å². The van der Waals surface area contributed by atoms with Crippen LogP contribution in [0.5, 0.6) is 0 Å². The van der Waals surface area contributed by atoms with Crippen molar-refractivity contribution >= 4 is 5.91 Å². The van der Waals surface area contributed by atoms with Gasteiger partial charge in [0.25, 0.3) is 0 Å². The molecule has 2 rings (SSSR count). The molecule has 0 aliphatic rings. The predicted molar refractivity (Wildman–Crippen MR) is 77.8 cm³/mol. The molecule has 1 unspecified atom stereocenters. The number of amides is 1.